The molecule has 23 heavy (non-hydrogen) atoms. The van der Waals surface area contributed by atoms with Crippen LogP contribution >= 0.6 is 0 Å². The van der Waals surface area contributed by atoms with Crippen LogP contribution in [0, 0.1) is 5.92 Å². The molecular formula is C18H26N2O3. The number of amides is 2. The summed E-state index contributed by atoms with van der Waals surface area (Å²) in [6.45, 7) is 4.96. The quantitative estimate of drug-likeness (QED) is 0.846. The van der Waals surface area contributed by atoms with E-state index in [1.54, 1.807) is 17.0 Å². The molecule has 0 radical (unpaired) electrons. The van der Waals surface area contributed by atoms with Crippen LogP contribution in [-0.4, -0.2) is 36.1 Å². The number of nitrogens with zero attached hydrogens (tertiary/aromatic N) is 1. The monoisotopic (exact) mass is 318 g/mol. The smallest absolute Gasteiger partial charge is 0.251 e. The zero-order valence-electron chi connectivity index (χ0n) is 13.9. The average molecular weight is 318 g/mol. The van der Waals surface area contributed by atoms with E-state index in [1.807, 2.05) is 26.0 Å². The zero-order chi connectivity index (χ0) is 16.8. The Labute approximate surface area is 137 Å². The second kappa shape index (κ2) is 8.11. The van der Waals surface area contributed by atoms with Crippen molar-refractivity contribution in [1.29, 1.82) is 0 Å². The van der Waals surface area contributed by atoms with Crippen molar-refractivity contribution < 1.29 is 14.7 Å². The number of hydrogen-bond donors (Lipinski definition) is 2. The van der Waals surface area contributed by atoms with Crippen molar-refractivity contribution in [2.45, 2.75) is 45.6 Å². The molecule has 126 valence electrons. The molecule has 0 spiro atoms. The van der Waals surface area contributed by atoms with E-state index >= 15 is 0 Å². The number of aliphatic hydroxyl groups excluding tert-OH is 1. The van der Waals surface area contributed by atoms with Crippen LogP contribution in [0.25, 0.3) is 0 Å². The van der Waals surface area contributed by atoms with E-state index in [4.69, 9.17) is 0 Å². The van der Waals surface area contributed by atoms with Gasteiger partial charge in [-0.1, -0.05) is 20.3 Å². The minimum Gasteiger partial charge on any atom is -0.391 e. The van der Waals surface area contributed by atoms with Crippen molar-refractivity contribution in [3.63, 3.8) is 0 Å². The molecule has 2 N–H and O–H groups in total. The van der Waals surface area contributed by atoms with E-state index in [1.165, 1.54) is 0 Å². The van der Waals surface area contributed by atoms with Crippen LogP contribution in [0.1, 0.15) is 49.9 Å². The van der Waals surface area contributed by atoms with Crippen LogP contribution in [-0.2, 0) is 4.79 Å². The molecule has 1 fully saturated rings. The van der Waals surface area contributed by atoms with Gasteiger partial charge in [-0.05, 0) is 43.0 Å². The van der Waals surface area contributed by atoms with E-state index in [0.29, 0.717) is 12.0 Å². The van der Waals surface area contributed by atoms with Gasteiger partial charge >= 0.3 is 0 Å². The first-order chi connectivity index (χ1) is 11.0. The number of anilines is 1. The topological polar surface area (TPSA) is 69.6 Å². The number of nitrogens with one attached hydrogen (secondary N) is 1. The summed E-state index contributed by atoms with van der Waals surface area (Å²) in [5.41, 5.74) is 1.38. The Bertz CT molecular complexity index is 542. The second-order valence-corrected chi connectivity index (χ2v) is 6.21. The maximum Gasteiger partial charge on any atom is 0.251 e. The predicted octanol–water partition coefficient (Wildman–Crippen LogP) is 2.34. The average Bonchev–Trinajstić information content (AvgIpc) is 2.59. The highest BCUT2D eigenvalue weighted by Gasteiger charge is 2.20. The minimum absolute atomic E-state index is 0.144. The summed E-state index contributed by atoms with van der Waals surface area (Å²) in [6.07, 6.45) is 2.90. The van der Waals surface area contributed by atoms with Gasteiger partial charge in [-0.15, -0.1) is 0 Å². The third-order valence-electron chi connectivity index (χ3n) is 4.54. The summed E-state index contributed by atoms with van der Waals surface area (Å²) in [5.74, 6) is 0.0943. The highest BCUT2D eigenvalue weighted by atomic mass is 16.3. The molecule has 0 aliphatic carbocycles. The molecule has 5 nitrogen and oxygen atoms in total. The Balaban J connectivity index is 1.93. The Morgan fingerprint density at radius 3 is 2.61 bits per heavy atom. The van der Waals surface area contributed by atoms with Gasteiger partial charge in [0, 0.05) is 30.8 Å². The molecule has 1 aliphatic heterocycles. The SMILES string of the molecule is CCC(C)C(O)CNC(=O)c1ccc(N2CCCCC2=O)cc1. The van der Waals surface area contributed by atoms with Crippen molar-refractivity contribution in [2.75, 3.05) is 18.0 Å². The molecule has 2 rings (SSSR count). The molecule has 1 saturated heterocycles. The van der Waals surface area contributed by atoms with E-state index in [9.17, 15) is 14.7 Å². The number of carbonyl (C=O) groups excluding carboxylic acids is 2. The third kappa shape index (κ3) is 4.55. The molecule has 0 saturated carbocycles. The fourth-order valence-electron chi connectivity index (χ4n) is 2.64. The Morgan fingerprint density at radius 2 is 2.00 bits per heavy atom. The lowest BCUT2D eigenvalue weighted by atomic mass is 10.0. The summed E-state index contributed by atoms with van der Waals surface area (Å²) in [6, 6.07) is 7.07. The summed E-state index contributed by atoms with van der Waals surface area (Å²) < 4.78 is 0. The fraction of sp³-hybridized carbons (Fsp3) is 0.556. The molecular weight excluding hydrogens is 292 g/mol. The van der Waals surface area contributed by atoms with Gasteiger partial charge in [0.25, 0.3) is 5.91 Å². The zero-order valence-corrected chi connectivity index (χ0v) is 13.9. The normalized spacial score (nSPS) is 17.7. The van der Waals surface area contributed by atoms with Crippen LogP contribution in [0.15, 0.2) is 24.3 Å². The minimum atomic E-state index is -0.533. The van der Waals surface area contributed by atoms with Gasteiger partial charge < -0.3 is 15.3 Å². The molecule has 1 aromatic rings. The van der Waals surface area contributed by atoms with Crippen molar-refractivity contribution in [1.82, 2.24) is 5.32 Å². The summed E-state index contributed by atoms with van der Waals surface area (Å²) in [7, 11) is 0. The first-order valence-corrected chi connectivity index (χ1v) is 8.39. The van der Waals surface area contributed by atoms with Gasteiger partial charge in [-0.3, -0.25) is 9.59 Å². The van der Waals surface area contributed by atoms with Gasteiger partial charge in [0.2, 0.25) is 5.91 Å². The number of benzene rings is 1. The van der Waals surface area contributed by atoms with Crippen LogP contribution < -0.4 is 10.2 Å². The van der Waals surface area contributed by atoms with E-state index in [0.717, 1.165) is 31.5 Å². The molecule has 0 aromatic heterocycles. The number of carbonyl (C=O) groups is 2. The van der Waals surface area contributed by atoms with E-state index in [-0.39, 0.29) is 24.3 Å². The van der Waals surface area contributed by atoms with Gasteiger partial charge in [0.15, 0.2) is 0 Å². The second-order valence-electron chi connectivity index (χ2n) is 6.21. The molecule has 2 unspecified atom stereocenters. The summed E-state index contributed by atoms with van der Waals surface area (Å²) in [4.78, 5) is 25.8. The van der Waals surface area contributed by atoms with Crippen LogP contribution in [0.4, 0.5) is 5.69 Å². The van der Waals surface area contributed by atoms with Crippen molar-refractivity contribution in [3.8, 4) is 0 Å². The molecule has 1 aromatic carbocycles. The highest BCUT2D eigenvalue weighted by Crippen LogP contribution is 2.21. The van der Waals surface area contributed by atoms with E-state index < -0.39 is 6.10 Å². The number of aliphatic hydroxyl groups is 1. The van der Waals surface area contributed by atoms with Crippen molar-refractivity contribution >= 4 is 17.5 Å². The first-order valence-electron chi connectivity index (χ1n) is 8.39. The van der Waals surface area contributed by atoms with Crippen LogP contribution in [0.2, 0.25) is 0 Å². The lowest BCUT2D eigenvalue weighted by molar-refractivity contribution is -0.119. The highest BCUT2D eigenvalue weighted by molar-refractivity contribution is 5.96. The maximum absolute atomic E-state index is 12.1. The molecule has 0 bridgehead atoms. The van der Waals surface area contributed by atoms with Crippen molar-refractivity contribution in [2.24, 2.45) is 5.92 Å². The number of rotatable bonds is 6. The van der Waals surface area contributed by atoms with E-state index in [2.05, 4.69) is 5.32 Å². The van der Waals surface area contributed by atoms with Crippen LogP contribution in [0.3, 0.4) is 0 Å². The fourth-order valence-corrected chi connectivity index (χ4v) is 2.64. The Kier molecular flexibility index (Phi) is 6.16. The Morgan fingerprint density at radius 1 is 1.30 bits per heavy atom. The lowest BCUT2D eigenvalue weighted by Crippen LogP contribution is -2.36. The first kappa shape index (κ1) is 17.5. The predicted molar refractivity (Wildman–Crippen MR) is 90.4 cm³/mol. The third-order valence-corrected chi connectivity index (χ3v) is 4.54. The maximum atomic E-state index is 12.1. The van der Waals surface area contributed by atoms with Gasteiger partial charge in [0.05, 0.1) is 6.10 Å². The van der Waals surface area contributed by atoms with Gasteiger partial charge in [-0.25, -0.2) is 0 Å². The molecule has 1 aliphatic rings. The summed E-state index contributed by atoms with van der Waals surface area (Å²) >= 11 is 0. The standard InChI is InChI=1S/C18H26N2O3/c1-3-13(2)16(21)12-19-18(23)14-7-9-15(10-8-14)20-11-5-4-6-17(20)22/h7-10,13,16,21H,3-6,11-12H2,1-2H3,(H,19,23). The van der Waals surface area contributed by atoms with Gasteiger partial charge in [-0.2, -0.15) is 0 Å². The lowest BCUT2D eigenvalue weighted by Gasteiger charge is -2.26. The van der Waals surface area contributed by atoms with Crippen molar-refractivity contribution in [3.05, 3.63) is 29.8 Å². The molecule has 1 heterocycles. The number of piperidine rings is 1. The molecule has 2 atom stereocenters. The largest absolute Gasteiger partial charge is 0.391 e. The van der Waals surface area contributed by atoms with Gasteiger partial charge in [0.1, 0.15) is 0 Å². The Hall–Kier alpha value is -1.88. The number of hydrogen-bond acceptors (Lipinski definition) is 3. The summed E-state index contributed by atoms with van der Waals surface area (Å²) in [5, 5.41) is 12.7. The molecule has 5 heteroatoms. The van der Waals surface area contributed by atoms with Crippen LogP contribution in [0.5, 0.6) is 0 Å². The molecule has 2 amide bonds.